The normalized spacial score (nSPS) is 16.1. The molecular weight excluding hydrogens is 789 g/mol. The molecule has 7 nitrogen and oxygen atoms in total. The largest absolute Gasteiger partial charge is 0.488 e. The van der Waals surface area contributed by atoms with E-state index in [4.69, 9.17) is 18.9 Å². The number of rotatable bonds is 10. The fourth-order valence-corrected chi connectivity index (χ4v) is 7.75. The first-order valence-corrected chi connectivity index (χ1v) is 19.6. The molecule has 8 rings (SSSR count). The fraction of sp³-hybridized carbons (Fsp3) is 0.283. The zero-order chi connectivity index (χ0) is 37.7. The Kier molecular flexibility index (Phi) is 11.7. The van der Waals surface area contributed by atoms with E-state index in [1.807, 2.05) is 99.6 Å². The lowest BCUT2D eigenvalue weighted by atomic mass is 9.95. The van der Waals surface area contributed by atoms with Crippen LogP contribution in [0.3, 0.4) is 0 Å². The number of amides is 1. The number of hydrogen-bond acceptors (Lipinski definition) is 6. The Morgan fingerprint density at radius 2 is 1.30 bits per heavy atom. The van der Waals surface area contributed by atoms with Gasteiger partial charge in [-0.2, -0.15) is 0 Å². The topological polar surface area (TPSA) is 80.8 Å². The van der Waals surface area contributed by atoms with E-state index in [1.54, 1.807) is 4.90 Å². The van der Waals surface area contributed by atoms with E-state index in [2.05, 4.69) is 65.1 Å². The molecule has 0 radical (unpaired) electrons. The second-order valence-corrected chi connectivity index (χ2v) is 15.8. The molecule has 0 bridgehead atoms. The lowest BCUT2D eigenvalue weighted by molar-refractivity contribution is 0.0581. The number of hydrogen-bond donors (Lipinski definition) is 1. The van der Waals surface area contributed by atoms with Crippen LogP contribution < -0.4 is 14.4 Å². The Hall–Kier alpha value is -4.64. The SMILES string of the molecule is CC(C)(C)OC(=O)N1C[C@@H](CO)c2c1cc(OCc1ccccc1)c1ccccc21.Ic1c(CC[C@@H]2CO2)cc(OCc2ccccc2)c2ccccc12. The van der Waals surface area contributed by atoms with Gasteiger partial charge in [-0.1, -0.05) is 109 Å². The first-order chi connectivity index (χ1) is 26.2. The summed E-state index contributed by atoms with van der Waals surface area (Å²) in [5.74, 6) is 1.52. The highest BCUT2D eigenvalue weighted by Gasteiger charge is 2.37. The van der Waals surface area contributed by atoms with Crippen LogP contribution in [0, 0.1) is 3.57 Å². The van der Waals surface area contributed by atoms with Crippen LogP contribution in [-0.2, 0) is 29.1 Å². The number of halogens is 1. The van der Waals surface area contributed by atoms with Gasteiger partial charge in [0.15, 0.2) is 0 Å². The van der Waals surface area contributed by atoms with Crippen molar-refractivity contribution < 1.29 is 28.8 Å². The molecule has 0 saturated carbocycles. The smallest absolute Gasteiger partial charge is 0.414 e. The molecule has 2 heterocycles. The summed E-state index contributed by atoms with van der Waals surface area (Å²) in [6.45, 7) is 7.83. The molecule has 2 aliphatic heterocycles. The number of carbonyl (C=O) groups is 1. The number of aliphatic hydroxyl groups excluding tert-OH is 1. The van der Waals surface area contributed by atoms with Gasteiger partial charge >= 0.3 is 6.09 Å². The molecule has 1 fully saturated rings. The van der Waals surface area contributed by atoms with E-state index in [1.165, 1.54) is 25.5 Å². The quantitative estimate of drug-likeness (QED) is 0.109. The number of fused-ring (bicyclic) bond motifs is 4. The molecule has 0 unspecified atom stereocenters. The number of nitrogens with zero attached hydrogens (tertiary/aromatic N) is 1. The fourth-order valence-electron chi connectivity index (χ4n) is 6.86. The third kappa shape index (κ3) is 9.00. The van der Waals surface area contributed by atoms with Gasteiger partial charge in [-0.05, 0) is 95.3 Å². The summed E-state index contributed by atoms with van der Waals surface area (Å²) in [5, 5.41) is 14.4. The number of aryl methyl sites for hydroxylation is 1. The Morgan fingerprint density at radius 3 is 1.85 bits per heavy atom. The van der Waals surface area contributed by atoms with E-state index >= 15 is 0 Å². The minimum atomic E-state index is -0.599. The predicted octanol–water partition coefficient (Wildman–Crippen LogP) is 10.6. The molecule has 8 heteroatoms. The van der Waals surface area contributed by atoms with Crippen LogP contribution in [0.4, 0.5) is 10.5 Å². The summed E-state index contributed by atoms with van der Waals surface area (Å²) >= 11 is 2.47. The van der Waals surface area contributed by atoms with Gasteiger partial charge < -0.3 is 24.1 Å². The number of benzene rings is 6. The zero-order valence-corrected chi connectivity index (χ0v) is 33.1. The van der Waals surface area contributed by atoms with Crippen LogP contribution in [0.1, 0.15) is 55.4 Å². The number of epoxide rings is 1. The monoisotopic (exact) mass is 835 g/mol. The van der Waals surface area contributed by atoms with Gasteiger partial charge in [0.2, 0.25) is 0 Å². The third-order valence-corrected chi connectivity index (χ3v) is 10.9. The van der Waals surface area contributed by atoms with Crippen LogP contribution >= 0.6 is 22.6 Å². The Balaban J connectivity index is 0.000000171. The van der Waals surface area contributed by atoms with Crippen molar-refractivity contribution in [1.82, 2.24) is 0 Å². The lowest BCUT2D eigenvalue weighted by Crippen LogP contribution is -2.36. The highest BCUT2D eigenvalue weighted by molar-refractivity contribution is 14.1. The summed E-state index contributed by atoms with van der Waals surface area (Å²) in [7, 11) is 0. The number of anilines is 1. The number of ether oxygens (including phenoxy) is 4. The van der Waals surface area contributed by atoms with Crippen LogP contribution in [0.5, 0.6) is 11.5 Å². The van der Waals surface area contributed by atoms with E-state index in [9.17, 15) is 9.90 Å². The van der Waals surface area contributed by atoms with Crippen molar-refractivity contribution in [2.75, 3.05) is 24.7 Å². The van der Waals surface area contributed by atoms with E-state index in [-0.39, 0.29) is 12.5 Å². The van der Waals surface area contributed by atoms with Crippen molar-refractivity contribution in [2.24, 2.45) is 0 Å². The average Bonchev–Trinajstić information content (AvgIpc) is 3.94. The van der Waals surface area contributed by atoms with Gasteiger partial charge in [0.05, 0.1) is 25.0 Å². The van der Waals surface area contributed by atoms with Crippen molar-refractivity contribution >= 4 is 55.9 Å². The highest BCUT2D eigenvalue weighted by atomic mass is 127. The van der Waals surface area contributed by atoms with Crippen LogP contribution in [-0.4, -0.2) is 42.7 Å². The molecule has 2 aliphatic rings. The van der Waals surface area contributed by atoms with Crippen LogP contribution in [0.15, 0.2) is 121 Å². The molecule has 6 aromatic carbocycles. The van der Waals surface area contributed by atoms with Gasteiger partial charge in [0.1, 0.15) is 30.3 Å². The molecule has 1 saturated heterocycles. The van der Waals surface area contributed by atoms with Gasteiger partial charge in [-0.3, -0.25) is 4.90 Å². The standard InChI is InChI=1S/C25H27NO4.C21H19IO2/c1-25(2,3)30-24(28)26-14-18(15-27)23-20-12-8-7-11-19(20)22(13-21(23)26)29-16-17-9-5-4-6-10-17;22-21-16(10-11-17-14-23-17)12-20(18-8-4-5-9-19(18)21)24-13-15-6-2-1-3-7-15/h4-13,18,27H,14-16H2,1-3H3;1-9,12,17H,10-11,13-14H2/t18-;17-/m01/s1. The van der Waals surface area contributed by atoms with Crippen LogP contribution in [0.25, 0.3) is 21.5 Å². The molecular formula is C46H46INO6. The van der Waals surface area contributed by atoms with Gasteiger partial charge in [-0.15, -0.1) is 0 Å². The first kappa shape index (κ1) is 37.7. The zero-order valence-electron chi connectivity index (χ0n) is 31.0. The Bertz CT molecular complexity index is 2210. The molecule has 0 aliphatic carbocycles. The average molecular weight is 836 g/mol. The lowest BCUT2D eigenvalue weighted by Gasteiger charge is -2.25. The second kappa shape index (κ2) is 16.8. The predicted molar refractivity (Wildman–Crippen MR) is 224 cm³/mol. The number of aliphatic hydroxyl groups is 1. The molecule has 2 atom stereocenters. The molecule has 0 aromatic heterocycles. The van der Waals surface area contributed by atoms with Crippen molar-refractivity contribution in [3.8, 4) is 11.5 Å². The minimum Gasteiger partial charge on any atom is -0.488 e. The molecule has 54 heavy (non-hydrogen) atoms. The maximum absolute atomic E-state index is 12.9. The summed E-state index contributed by atoms with van der Waals surface area (Å²) < 4.78 is 24.7. The van der Waals surface area contributed by atoms with Gasteiger partial charge in [-0.25, -0.2) is 4.79 Å². The molecule has 0 spiro atoms. The first-order valence-electron chi connectivity index (χ1n) is 18.5. The maximum Gasteiger partial charge on any atom is 0.414 e. The molecule has 278 valence electrons. The van der Waals surface area contributed by atoms with Crippen molar-refractivity contribution in [1.29, 1.82) is 0 Å². The van der Waals surface area contributed by atoms with E-state index < -0.39 is 11.7 Å². The molecule has 6 aromatic rings. The maximum atomic E-state index is 12.9. The summed E-state index contributed by atoms with van der Waals surface area (Å²) in [6.07, 6.45) is 2.17. The minimum absolute atomic E-state index is 0.0412. The summed E-state index contributed by atoms with van der Waals surface area (Å²) in [4.78, 5) is 14.5. The van der Waals surface area contributed by atoms with Crippen molar-refractivity contribution in [3.63, 3.8) is 0 Å². The van der Waals surface area contributed by atoms with Crippen molar-refractivity contribution in [2.45, 2.75) is 64.4 Å². The molecule has 1 amide bonds. The highest BCUT2D eigenvalue weighted by Crippen LogP contribution is 2.45. The van der Waals surface area contributed by atoms with Gasteiger partial charge in [0, 0.05) is 32.9 Å². The Morgan fingerprint density at radius 1 is 0.778 bits per heavy atom. The van der Waals surface area contributed by atoms with Crippen molar-refractivity contribution in [3.05, 3.63) is 147 Å². The van der Waals surface area contributed by atoms with E-state index in [0.717, 1.165) is 52.8 Å². The summed E-state index contributed by atoms with van der Waals surface area (Å²) in [5.41, 5.74) is 4.72. The summed E-state index contributed by atoms with van der Waals surface area (Å²) in [6, 6.07) is 40.9. The van der Waals surface area contributed by atoms with E-state index in [0.29, 0.717) is 31.6 Å². The van der Waals surface area contributed by atoms with Gasteiger partial charge in [0.25, 0.3) is 0 Å². The number of carbonyl (C=O) groups excluding carboxylic acids is 1. The third-order valence-electron chi connectivity index (χ3n) is 9.59. The second-order valence-electron chi connectivity index (χ2n) is 14.8. The molecule has 1 N–H and O–H groups in total. The van der Waals surface area contributed by atoms with Crippen LogP contribution in [0.2, 0.25) is 0 Å². The Labute approximate surface area is 331 Å².